The molecule has 7 nitrogen and oxygen atoms in total. The van der Waals surface area contributed by atoms with Crippen molar-refractivity contribution < 1.29 is 23.9 Å². The number of nitrogens with zero attached hydrogens (tertiary/aromatic N) is 2. The fourth-order valence-corrected chi connectivity index (χ4v) is 3.58. The summed E-state index contributed by atoms with van der Waals surface area (Å²) in [6, 6.07) is 14.0. The molecule has 0 unspecified atom stereocenters. The first-order valence-corrected chi connectivity index (χ1v) is 9.01. The summed E-state index contributed by atoms with van der Waals surface area (Å²) < 4.78 is 5.22. The lowest BCUT2D eigenvalue weighted by molar-refractivity contribution is -0.154. The molecule has 142 valence electrons. The molecule has 2 heterocycles. The average molecular weight is 378 g/mol. The molecule has 2 aromatic carbocycles. The van der Waals surface area contributed by atoms with E-state index < -0.39 is 30.4 Å². The van der Waals surface area contributed by atoms with Gasteiger partial charge in [-0.1, -0.05) is 30.3 Å². The molecule has 0 aromatic heterocycles. The first-order chi connectivity index (χ1) is 13.5. The summed E-state index contributed by atoms with van der Waals surface area (Å²) >= 11 is 0. The Balaban J connectivity index is 1.40. The molecule has 2 aliphatic rings. The van der Waals surface area contributed by atoms with Crippen molar-refractivity contribution in [1.82, 2.24) is 4.90 Å². The zero-order valence-electron chi connectivity index (χ0n) is 15.3. The minimum absolute atomic E-state index is 0.262. The second-order valence-corrected chi connectivity index (χ2v) is 6.74. The second-order valence-electron chi connectivity index (χ2n) is 6.74. The highest BCUT2D eigenvalue weighted by Crippen LogP contribution is 2.28. The minimum atomic E-state index is -1.02. The summed E-state index contributed by atoms with van der Waals surface area (Å²) in [5, 5.41) is 0. The Bertz CT molecular complexity index is 965. The third-order valence-electron chi connectivity index (χ3n) is 4.97. The first-order valence-electron chi connectivity index (χ1n) is 9.01. The van der Waals surface area contributed by atoms with Crippen LogP contribution in [0.2, 0.25) is 0 Å². The van der Waals surface area contributed by atoms with Gasteiger partial charge in [0.1, 0.15) is 6.54 Å². The fourth-order valence-electron chi connectivity index (χ4n) is 3.58. The predicted octanol–water partition coefficient (Wildman–Crippen LogP) is 1.80. The van der Waals surface area contributed by atoms with Gasteiger partial charge >= 0.3 is 5.97 Å². The van der Waals surface area contributed by atoms with E-state index in [1.165, 1.54) is 19.1 Å². The fraction of sp³-hybridized carbons (Fsp3) is 0.238. The maximum absolute atomic E-state index is 12.7. The number of para-hydroxylation sites is 1. The number of esters is 1. The minimum Gasteiger partial charge on any atom is -0.451 e. The highest BCUT2D eigenvalue weighted by molar-refractivity contribution is 6.22. The number of carbonyl (C=O) groups excluding carboxylic acids is 4. The van der Waals surface area contributed by atoms with E-state index in [1.807, 2.05) is 24.3 Å². The van der Waals surface area contributed by atoms with Crippen LogP contribution < -0.4 is 4.90 Å². The summed E-state index contributed by atoms with van der Waals surface area (Å²) in [4.78, 5) is 52.1. The molecule has 7 heteroatoms. The first kappa shape index (κ1) is 17.9. The lowest BCUT2D eigenvalue weighted by Crippen LogP contribution is -2.42. The molecule has 0 saturated carbocycles. The largest absolute Gasteiger partial charge is 0.451 e. The third kappa shape index (κ3) is 2.94. The highest BCUT2D eigenvalue weighted by Gasteiger charge is 2.37. The number of anilines is 1. The molecule has 0 fully saturated rings. The Kier molecular flexibility index (Phi) is 4.43. The van der Waals surface area contributed by atoms with E-state index in [4.69, 9.17) is 4.74 Å². The summed E-state index contributed by atoms with van der Waals surface area (Å²) in [5.41, 5.74) is 2.41. The van der Waals surface area contributed by atoms with E-state index in [-0.39, 0.29) is 17.0 Å². The van der Waals surface area contributed by atoms with Crippen LogP contribution >= 0.6 is 0 Å². The van der Waals surface area contributed by atoms with E-state index >= 15 is 0 Å². The number of rotatable bonds is 4. The second kappa shape index (κ2) is 6.92. The van der Waals surface area contributed by atoms with Crippen molar-refractivity contribution in [2.45, 2.75) is 19.4 Å². The quantitative estimate of drug-likeness (QED) is 0.598. The molecule has 0 spiro atoms. The van der Waals surface area contributed by atoms with E-state index in [1.54, 1.807) is 17.0 Å². The Labute approximate surface area is 161 Å². The summed E-state index contributed by atoms with van der Waals surface area (Å²) in [6.07, 6.45) is -0.272. The smallest absolute Gasteiger partial charge is 0.326 e. The zero-order valence-corrected chi connectivity index (χ0v) is 15.3. The van der Waals surface area contributed by atoms with Gasteiger partial charge < -0.3 is 9.64 Å². The third-order valence-corrected chi connectivity index (χ3v) is 4.97. The molecule has 0 aliphatic carbocycles. The predicted molar refractivity (Wildman–Crippen MR) is 99.9 cm³/mol. The lowest BCUT2D eigenvalue weighted by Gasteiger charge is -2.22. The van der Waals surface area contributed by atoms with Gasteiger partial charge in [-0.05, 0) is 37.1 Å². The van der Waals surface area contributed by atoms with Gasteiger partial charge in [-0.25, -0.2) is 0 Å². The molecule has 2 aliphatic heterocycles. The normalized spacial score (nSPS) is 16.0. The van der Waals surface area contributed by atoms with E-state index in [2.05, 4.69) is 0 Å². The standard InChI is InChI=1S/C21H18N2O5/c1-13(19(25)22-11-10-14-6-2-5-9-17(14)22)28-18(24)12-23-20(26)15-7-3-4-8-16(15)21(23)27/h2-9,13H,10-12H2,1H3/t13-/m1/s1. The van der Waals surface area contributed by atoms with Gasteiger partial charge in [0, 0.05) is 12.2 Å². The van der Waals surface area contributed by atoms with E-state index in [9.17, 15) is 19.2 Å². The van der Waals surface area contributed by atoms with Crippen LogP contribution in [-0.2, 0) is 20.7 Å². The van der Waals surface area contributed by atoms with Gasteiger partial charge in [0.25, 0.3) is 17.7 Å². The van der Waals surface area contributed by atoms with Crippen LogP contribution in [0.3, 0.4) is 0 Å². The molecular formula is C21H18N2O5. The molecule has 0 N–H and O–H groups in total. The van der Waals surface area contributed by atoms with Crippen molar-refractivity contribution in [3.63, 3.8) is 0 Å². The van der Waals surface area contributed by atoms with Crippen LogP contribution in [0.25, 0.3) is 0 Å². The number of imide groups is 1. The van der Waals surface area contributed by atoms with Crippen molar-refractivity contribution in [2.75, 3.05) is 18.0 Å². The van der Waals surface area contributed by atoms with Gasteiger partial charge in [0.2, 0.25) is 0 Å². The van der Waals surface area contributed by atoms with Crippen molar-refractivity contribution in [1.29, 1.82) is 0 Å². The van der Waals surface area contributed by atoms with Gasteiger partial charge in [-0.3, -0.25) is 24.1 Å². The molecule has 1 atom stereocenters. The summed E-state index contributed by atoms with van der Waals surface area (Å²) in [6.45, 7) is 1.49. The van der Waals surface area contributed by atoms with Gasteiger partial charge in [0.15, 0.2) is 6.10 Å². The zero-order chi connectivity index (χ0) is 19.8. The molecule has 2 aromatic rings. The SMILES string of the molecule is C[C@@H](OC(=O)CN1C(=O)c2ccccc2C1=O)C(=O)N1CCc2ccccc21. The number of carbonyl (C=O) groups is 4. The van der Waals surface area contributed by atoms with Crippen molar-refractivity contribution >= 4 is 29.4 Å². The Morgan fingerprint density at radius 2 is 1.61 bits per heavy atom. The van der Waals surface area contributed by atoms with Crippen molar-refractivity contribution in [3.05, 3.63) is 65.2 Å². The number of ether oxygens (including phenoxy) is 1. The topological polar surface area (TPSA) is 84.0 Å². The average Bonchev–Trinajstić information content (AvgIpc) is 3.23. The Morgan fingerprint density at radius 1 is 1.00 bits per heavy atom. The molecule has 0 saturated heterocycles. The molecular weight excluding hydrogens is 360 g/mol. The van der Waals surface area contributed by atoms with Crippen molar-refractivity contribution in [2.24, 2.45) is 0 Å². The van der Waals surface area contributed by atoms with E-state index in [0.29, 0.717) is 6.54 Å². The summed E-state index contributed by atoms with van der Waals surface area (Å²) in [7, 11) is 0. The highest BCUT2D eigenvalue weighted by atomic mass is 16.5. The monoisotopic (exact) mass is 378 g/mol. The number of benzene rings is 2. The molecule has 0 bridgehead atoms. The van der Waals surface area contributed by atoms with Crippen molar-refractivity contribution in [3.8, 4) is 0 Å². The number of hydrogen-bond acceptors (Lipinski definition) is 5. The van der Waals surface area contributed by atoms with Crippen LogP contribution in [0.5, 0.6) is 0 Å². The van der Waals surface area contributed by atoms with Gasteiger partial charge in [0.05, 0.1) is 11.1 Å². The molecule has 4 rings (SSSR count). The number of amides is 3. The molecule has 3 amide bonds. The number of fused-ring (bicyclic) bond motifs is 2. The van der Waals surface area contributed by atoms with Crippen LogP contribution in [0.4, 0.5) is 5.69 Å². The Hall–Kier alpha value is -3.48. The summed E-state index contributed by atoms with van der Waals surface area (Å²) in [5.74, 6) is -2.21. The van der Waals surface area contributed by atoms with Crippen LogP contribution in [0.15, 0.2) is 48.5 Å². The van der Waals surface area contributed by atoms with Crippen LogP contribution in [-0.4, -0.2) is 47.8 Å². The molecule has 28 heavy (non-hydrogen) atoms. The lowest BCUT2D eigenvalue weighted by atomic mass is 10.1. The number of hydrogen-bond donors (Lipinski definition) is 0. The molecule has 0 radical (unpaired) electrons. The van der Waals surface area contributed by atoms with Gasteiger partial charge in [-0.15, -0.1) is 0 Å². The van der Waals surface area contributed by atoms with Crippen LogP contribution in [0.1, 0.15) is 33.2 Å². The Morgan fingerprint density at radius 3 is 2.29 bits per heavy atom. The van der Waals surface area contributed by atoms with Gasteiger partial charge in [-0.2, -0.15) is 0 Å². The maximum Gasteiger partial charge on any atom is 0.326 e. The van der Waals surface area contributed by atoms with E-state index in [0.717, 1.165) is 22.6 Å². The maximum atomic E-state index is 12.7. The van der Waals surface area contributed by atoms with Crippen LogP contribution in [0, 0.1) is 0 Å².